The number of fused-ring (bicyclic) bond motifs is 1. The molecule has 4 rings (SSSR count). The summed E-state index contributed by atoms with van der Waals surface area (Å²) in [6.07, 6.45) is 1.43. The summed E-state index contributed by atoms with van der Waals surface area (Å²) >= 11 is 4.68. The van der Waals surface area contributed by atoms with E-state index < -0.39 is 17.5 Å². The van der Waals surface area contributed by atoms with E-state index in [9.17, 15) is 13.6 Å². The fourth-order valence-electron chi connectivity index (χ4n) is 2.63. The molecule has 0 radical (unpaired) electrons. The van der Waals surface area contributed by atoms with Crippen LogP contribution in [0.5, 0.6) is 0 Å². The summed E-state index contributed by atoms with van der Waals surface area (Å²) in [6, 6.07) is 3.02. The van der Waals surface area contributed by atoms with E-state index in [1.807, 2.05) is 11.8 Å². The Labute approximate surface area is 172 Å². The van der Waals surface area contributed by atoms with Gasteiger partial charge in [-0.3, -0.25) is 4.79 Å². The molecule has 6 nitrogen and oxygen atoms in total. The number of carbonyl (C=O) groups excluding carboxylic acids is 1. The first-order valence-corrected chi connectivity index (χ1v) is 11.4. The molecule has 0 atom stereocenters. The van der Waals surface area contributed by atoms with Crippen LogP contribution < -0.4 is 10.2 Å². The lowest BCUT2D eigenvalue weighted by Gasteiger charge is -2.25. The van der Waals surface area contributed by atoms with Crippen LogP contribution in [-0.2, 0) is 4.79 Å². The number of thiazole rings is 1. The van der Waals surface area contributed by atoms with E-state index in [0.29, 0.717) is 10.7 Å². The van der Waals surface area contributed by atoms with Gasteiger partial charge in [-0.1, -0.05) is 23.1 Å². The average Bonchev–Trinajstić information content (AvgIpc) is 3.14. The summed E-state index contributed by atoms with van der Waals surface area (Å²) < 4.78 is 27.5. The Morgan fingerprint density at radius 1 is 1.25 bits per heavy atom. The minimum Gasteiger partial charge on any atom is -0.346 e. The summed E-state index contributed by atoms with van der Waals surface area (Å²) in [6.45, 7) is 1.90. The second-order valence-corrected chi connectivity index (χ2v) is 9.05. The van der Waals surface area contributed by atoms with Gasteiger partial charge < -0.3 is 10.2 Å². The Balaban J connectivity index is 1.45. The number of carbonyl (C=O) groups is 1. The van der Waals surface area contributed by atoms with Gasteiger partial charge in [0.2, 0.25) is 5.91 Å². The van der Waals surface area contributed by atoms with E-state index in [2.05, 4.69) is 25.2 Å². The molecule has 0 spiro atoms. The largest absolute Gasteiger partial charge is 0.346 e. The lowest BCUT2D eigenvalue weighted by molar-refractivity contribution is -0.113. The smallest absolute Gasteiger partial charge is 0.234 e. The lowest BCUT2D eigenvalue weighted by atomic mass is 10.3. The van der Waals surface area contributed by atoms with Crippen molar-refractivity contribution in [3.05, 3.63) is 36.2 Å². The number of anilines is 2. The molecule has 3 heterocycles. The van der Waals surface area contributed by atoms with Gasteiger partial charge in [-0.05, 0) is 12.1 Å². The molecule has 0 aliphatic carbocycles. The highest BCUT2D eigenvalue weighted by atomic mass is 32.2. The average molecular weight is 440 g/mol. The molecular weight excluding hydrogens is 424 g/mol. The lowest BCUT2D eigenvalue weighted by Crippen LogP contribution is -2.32. The minimum absolute atomic E-state index is 0.0382. The summed E-state index contributed by atoms with van der Waals surface area (Å²) in [5.74, 6) is 0.277. The van der Waals surface area contributed by atoms with E-state index in [4.69, 9.17) is 0 Å². The van der Waals surface area contributed by atoms with Crippen molar-refractivity contribution in [2.75, 3.05) is 40.6 Å². The SMILES string of the molecule is O=C(CSc1ncnc2nc(N3CCSCC3)sc12)Nc1ccc(F)cc1F. The van der Waals surface area contributed by atoms with Crippen molar-refractivity contribution in [2.45, 2.75) is 5.03 Å². The number of aromatic nitrogens is 3. The first kappa shape index (κ1) is 19.3. The topological polar surface area (TPSA) is 71.0 Å². The Bertz CT molecular complexity index is 1010. The third-order valence-corrected chi connectivity index (χ3v) is 7.15. The zero-order valence-electron chi connectivity index (χ0n) is 14.5. The van der Waals surface area contributed by atoms with E-state index in [0.717, 1.165) is 46.6 Å². The standard InChI is InChI=1S/C17H15F2N5OS3/c18-10-1-2-12(11(19)7-10)22-13(25)8-27-16-14-15(20-9-21-16)23-17(28-14)24-3-5-26-6-4-24/h1-2,7,9H,3-6,8H2,(H,22,25). The van der Waals surface area contributed by atoms with E-state index >= 15 is 0 Å². The molecule has 1 aliphatic rings. The molecule has 2 aromatic heterocycles. The van der Waals surface area contributed by atoms with Crippen molar-refractivity contribution in [2.24, 2.45) is 0 Å². The number of nitrogens with zero attached hydrogens (tertiary/aromatic N) is 4. The Kier molecular flexibility index (Phi) is 5.93. The number of thioether (sulfide) groups is 2. The molecule has 28 heavy (non-hydrogen) atoms. The molecule has 1 amide bonds. The minimum atomic E-state index is -0.811. The van der Waals surface area contributed by atoms with Crippen LogP contribution in [0, 0.1) is 11.6 Å². The van der Waals surface area contributed by atoms with Gasteiger partial charge in [-0.25, -0.2) is 18.7 Å². The maximum atomic E-state index is 13.7. The van der Waals surface area contributed by atoms with Gasteiger partial charge in [0.25, 0.3) is 0 Å². The van der Waals surface area contributed by atoms with Crippen LogP contribution in [-0.4, -0.2) is 51.2 Å². The number of hydrogen-bond donors (Lipinski definition) is 1. The van der Waals surface area contributed by atoms with Gasteiger partial charge in [-0.2, -0.15) is 16.7 Å². The zero-order chi connectivity index (χ0) is 19.5. The number of amides is 1. The van der Waals surface area contributed by atoms with Crippen molar-refractivity contribution < 1.29 is 13.6 Å². The number of benzene rings is 1. The van der Waals surface area contributed by atoms with E-state index in [-0.39, 0.29) is 11.4 Å². The van der Waals surface area contributed by atoms with Gasteiger partial charge in [0.1, 0.15) is 27.7 Å². The molecule has 0 saturated carbocycles. The Hall–Kier alpha value is -1.98. The van der Waals surface area contributed by atoms with Gasteiger partial charge in [0.05, 0.1) is 11.4 Å². The molecular formula is C17H15F2N5OS3. The van der Waals surface area contributed by atoms with Gasteiger partial charge >= 0.3 is 0 Å². The van der Waals surface area contributed by atoms with Gasteiger partial charge in [-0.15, -0.1) is 0 Å². The molecule has 146 valence electrons. The normalized spacial score (nSPS) is 14.4. The molecule has 1 aliphatic heterocycles. The molecule has 11 heteroatoms. The highest BCUT2D eigenvalue weighted by molar-refractivity contribution is 8.00. The molecule has 1 saturated heterocycles. The fraction of sp³-hybridized carbons (Fsp3) is 0.294. The summed E-state index contributed by atoms with van der Waals surface area (Å²) in [5.41, 5.74) is 0.559. The van der Waals surface area contributed by atoms with Crippen molar-refractivity contribution in [3.8, 4) is 0 Å². The maximum Gasteiger partial charge on any atom is 0.234 e. The van der Waals surface area contributed by atoms with Crippen molar-refractivity contribution in [3.63, 3.8) is 0 Å². The monoisotopic (exact) mass is 439 g/mol. The first-order chi connectivity index (χ1) is 13.6. The van der Waals surface area contributed by atoms with Crippen LogP contribution in [0.2, 0.25) is 0 Å². The predicted molar refractivity (Wildman–Crippen MR) is 110 cm³/mol. The van der Waals surface area contributed by atoms with Crippen molar-refractivity contribution in [1.82, 2.24) is 15.0 Å². The van der Waals surface area contributed by atoms with E-state index in [1.165, 1.54) is 35.5 Å². The molecule has 0 bridgehead atoms. The van der Waals surface area contributed by atoms with Crippen LogP contribution in [0.3, 0.4) is 0 Å². The van der Waals surface area contributed by atoms with Gasteiger partial charge in [0.15, 0.2) is 10.8 Å². The van der Waals surface area contributed by atoms with Crippen LogP contribution in [0.25, 0.3) is 10.3 Å². The third kappa shape index (κ3) is 4.36. The van der Waals surface area contributed by atoms with E-state index in [1.54, 1.807) is 0 Å². The third-order valence-electron chi connectivity index (χ3n) is 3.97. The Morgan fingerprint density at radius 3 is 2.86 bits per heavy atom. The highest BCUT2D eigenvalue weighted by Gasteiger charge is 2.18. The number of nitrogens with one attached hydrogen (secondary N) is 1. The summed E-state index contributed by atoms with van der Waals surface area (Å²) in [4.78, 5) is 27.5. The summed E-state index contributed by atoms with van der Waals surface area (Å²) in [5, 5.41) is 4.02. The quantitative estimate of drug-likeness (QED) is 0.481. The van der Waals surface area contributed by atoms with Crippen molar-refractivity contribution >= 4 is 61.9 Å². The van der Waals surface area contributed by atoms with Crippen LogP contribution in [0.15, 0.2) is 29.6 Å². The molecule has 1 aromatic carbocycles. The number of halogens is 2. The molecule has 3 aromatic rings. The molecule has 1 N–H and O–H groups in total. The molecule has 1 fully saturated rings. The van der Waals surface area contributed by atoms with Crippen LogP contribution >= 0.6 is 34.9 Å². The summed E-state index contributed by atoms with van der Waals surface area (Å²) in [7, 11) is 0. The number of hydrogen-bond acceptors (Lipinski definition) is 8. The Morgan fingerprint density at radius 2 is 2.07 bits per heavy atom. The van der Waals surface area contributed by atoms with Gasteiger partial charge in [0, 0.05) is 30.7 Å². The van der Waals surface area contributed by atoms with Crippen LogP contribution in [0.4, 0.5) is 19.6 Å². The molecule has 0 unspecified atom stereocenters. The second kappa shape index (κ2) is 8.58. The maximum absolute atomic E-state index is 13.7. The number of rotatable bonds is 5. The highest BCUT2D eigenvalue weighted by Crippen LogP contribution is 2.34. The first-order valence-electron chi connectivity index (χ1n) is 8.42. The second-order valence-electron chi connectivity index (χ2n) is 5.89. The van der Waals surface area contributed by atoms with Crippen LogP contribution in [0.1, 0.15) is 0 Å². The fourth-order valence-corrected chi connectivity index (χ4v) is 5.47. The predicted octanol–water partition coefficient (Wildman–Crippen LogP) is 3.65. The van der Waals surface area contributed by atoms with Crippen molar-refractivity contribution in [1.29, 1.82) is 0 Å². The zero-order valence-corrected chi connectivity index (χ0v) is 17.0.